The first-order valence-electron chi connectivity index (χ1n) is 7.26. The minimum Gasteiger partial charge on any atom is -0.444 e. The lowest BCUT2D eigenvalue weighted by molar-refractivity contribution is -0.384. The molecule has 0 saturated carbocycles. The molecule has 0 aromatic heterocycles. The Balaban J connectivity index is 2.24. The fourth-order valence-electron chi connectivity index (χ4n) is 1.60. The van der Waals surface area contributed by atoms with Gasteiger partial charge in [-0.15, -0.1) is 0 Å². The topological polar surface area (TPSA) is 111 Å². The Kier molecular flexibility index (Phi) is 7.50. The Labute approximate surface area is 144 Å². The Morgan fingerprint density at radius 1 is 1.33 bits per heavy atom. The summed E-state index contributed by atoms with van der Waals surface area (Å²) >= 11 is 1.33. The number of hydrogen-bond donors (Lipinski definition) is 2. The lowest BCUT2D eigenvalue weighted by Crippen LogP contribution is -2.33. The van der Waals surface area contributed by atoms with Crippen LogP contribution >= 0.6 is 11.8 Å². The molecule has 8 nitrogen and oxygen atoms in total. The molecule has 1 rings (SSSR count). The standard InChI is InChI=1S/C15H21N3O5S/c1-15(2,3)23-14(20)16-7-8-24-10-13(19)17-11-5-4-6-12(9-11)18(21)22/h4-6,9H,7-8,10H2,1-3H3,(H,16,20)(H,17,19). The first-order chi connectivity index (χ1) is 11.2. The predicted octanol–water partition coefficient (Wildman–Crippen LogP) is 2.79. The lowest BCUT2D eigenvalue weighted by Gasteiger charge is -2.19. The van der Waals surface area contributed by atoms with Gasteiger partial charge in [0, 0.05) is 30.1 Å². The first kappa shape index (κ1) is 19.8. The molecule has 132 valence electrons. The predicted molar refractivity (Wildman–Crippen MR) is 93.3 cm³/mol. The summed E-state index contributed by atoms with van der Waals surface area (Å²) in [5.74, 6) is 0.457. The van der Waals surface area contributed by atoms with Gasteiger partial charge in [-0.05, 0) is 26.8 Å². The van der Waals surface area contributed by atoms with Crippen molar-refractivity contribution in [3.05, 3.63) is 34.4 Å². The third kappa shape index (κ3) is 8.37. The lowest BCUT2D eigenvalue weighted by atomic mass is 10.2. The normalized spacial score (nSPS) is 10.8. The third-order valence-electron chi connectivity index (χ3n) is 2.49. The van der Waals surface area contributed by atoms with E-state index in [2.05, 4.69) is 10.6 Å². The molecule has 0 spiro atoms. The summed E-state index contributed by atoms with van der Waals surface area (Å²) in [7, 11) is 0. The van der Waals surface area contributed by atoms with Crippen molar-refractivity contribution >= 4 is 35.1 Å². The van der Waals surface area contributed by atoms with E-state index in [9.17, 15) is 19.7 Å². The number of rotatable bonds is 7. The van der Waals surface area contributed by atoms with Crippen LogP contribution in [0.25, 0.3) is 0 Å². The molecule has 2 amide bonds. The Hall–Kier alpha value is -2.29. The van der Waals surface area contributed by atoms with Crippen molar-refractivity contribution in [2.45, 2.75) is 26.4 Å². The van der Waals surface area contributed by atoms with Gasteiger partial charge in [-0.3, -0.25) is 14.9 Å². The summed E-state index contributed by atoms with van der Waals surface area (Å²) in [5.41, 5.74) is -0.251. The second-order valence-corrected chi connectivity index (χ2v) is 6.94. The number of benzene rings is 1. The van der Waals surface area contributed by atoms with Gasteiger partial charge in [-0.25, -0.2) is 4.79 Å². The highest BCUT2D eigenvalue weighted by Gasteiger charge is 2.15. The van der Waals surface area contributed by atoms with Crippen molar-refractivity contribution in [2.75, 3.05) is 23.4 Å². The Morgan fingerprint density at radius 2 is 2.04 bits per heavy atom. The van der Waals surface area contributed by atoms with E-state index in [1.807, 2.05) is 0 Å². The highest BCUT2D eigenvalue weighted by Crippen LogP contribution is 2.17. The number of carbonyl (C=O) groups excluding carboxylic acids is 2. The quantitative estimate of drug-likeness (QED) is 0.442. The van der Waals surface area contributed by atoms with Crippen LogP contribution in [0.1, 0.15) is 20.8 Å². The number of thioether (sulfide) groups is 1. The van der Waals surface area contributed by atoms with E-state index < -0.39 is 16.6 Å². The number of non-ortho nitro benzene ring substituents is 1. The van der Waals surface area contributed by atoms with E-state index in [-0.39, 0.29) is 17.3 Å². The molecule has 0 aliphatic rings. The van der Waals surface area contributed by atoms with Crippen LogP contribution in [0.15, 0.2) is 24.3 Å². The van der Waals surface area contributed by atoms with Gasteiger partial charge >= 0.3 is 6.09 Å². The number of anilines is 1. The molecule has 0 fully saturated rings. The maximum Gasteiger partial charge on any atom is 0.407 e. The molecular formula is C15H21N3O5S. The third-order valence-corrected chi connectivity index (χ3v) is 3.45. The zero-order valence-electron chi connectivity index (χ0n) is 13.8. The summed E-state index contributed by atoms with van der Waals surface area (Å²) in [6.45, 7) is 5.71. The summed E-state index contributed by atoms with van der Waals surface area (Å²) in [4.78, 5) is 33.3. The van der Waals surface area contributed by atoms with Gasteiger partial charge in [0.1, 0.15) is 5.60 Å². The van der Waals surface area contributed by atoms with E-state index in [4.69, 9.17) is 4.74 Å². The fraction of sp³-hybridized carbons (Fsp3) is 0.467. The van der Waals surface area contributed by atoms with Crippen molar-refractivity contribution in [1.82, 2.24) is 5.32 Å². The number of carbonyl (C=O) groups is 2. The zero-order chi connectivity index (χ0) is 18.2. The van der Waals surface area contributed by atoms with Crippen LogP contribution in [0.5, 0.6) is 0 Å². The molecule has 0 saturated heterocycles. The van der Waals surface area contributed by atoms with E-state index in [1.54, 1.807) is 26.8 Å². The minimum atomic E-state index is -0.546. The second kappa shape index (κ2) is 9.11. The second-order valence-electron chi connectivity index (χ2n) is 5.84. The smallest absolute Gasteiger partial charge is 0.407 e. The van der Waals surface area contributed by atoms with Crippen LogP contribution in [0.2, 0.25) is 0 Å². The van der Waals surface area contributed by atoms with Gasteiger partial charge in [-0.2, -0.15) is 11.8 Å². The SMILES string of the molecule is CC(C)(C)OC(=O)NCCSCC(=O)Nc1cccc([N+](=O)[O-])c1. The van der Waals surface area contributed by atoms with Crippen molar-refractivity contribution in [1.29, 1.82) is 0 Å². The molecule has 2 N–H and O–H groups in total. The molecule has 1 aromatic carbocycles. The van der Waals surface area contributed by atoms with Crippen molar-refractivity contribution < 1.29 is 19.2 Å². The van der Waals surface area contributed by atoms with Gasteiger partial charge in [0.05, 0.1) is 10.7 Å². The van der Waals surface area contributed by atoms with E-state index in [0.717, 1.165) is 0 Å². The van der Waals surface area contributed by atoms with Crippen molar-refractivity contribution in [2.24, 2.45) is 0 Å². The monoisotopic (exact) mass is 355 g/mol. The van der Waals surface area contributed by atoms with Gasteiger partial charge < -0.3 is 15.4 Å². The van der Waals surface area contributed by atoms with Crippen LogP contribution in [0.4, 0.5) is 16.2 Å². The molecule has 0 aliphatic carbocycles. The van der Waals surface area contributed by atoms with Gasteiger partial charge in [-0.1, -0.05) is 6.07 Å². The number of alkyl carbamates (subject to hydrolysis) is 1. The molecule has 1 aromatic rings. The molecule has 9 heteroatoms. The number of nitrogens with zero attached hydrogens (tertiary/aromatic N) is 1. The highest BCUT2D eigenvalue weighted by molar-refractivity contribution is 7.99. The summed E-state index contributed by atoms with van der Waals surface area (Å²) < 4.78 is 5.08. The van der Waals surface area contributed by atoms with E-state index in [0.29, 0.717) is 18.0 Å². The molecule has 0 radical (unpaired) electrons. The highest BCUT2D eigenvalue weighted by atomic mass is 32.2. The molecule has 0 atom stereocenters. The number of ether oxygens (including phenoxy) is 1. The fourth-order valence-corrected chi connectivity index (χ4v) is 2.25. The average molecular weight is 355 g/mol. The van der Waals surface area contributed by atoms with Crippen LogP contribution in [0.3, 0.4) is 0 Å². The van der Waals surface area contributed by atoms with Gasteiger partial charge in [0.2, 0.25) is 5.91 Å². The Morgan fingerprint density at radius 3 is 2.67 bits per heavy atom. The van der Waals surface area contributed by atoms with Gasteiger partial charge in [0.25, 0.3) is 5.69 Å². The number of nitro benzene ring substituents is 1. The van der Waals surface area contributed by atoms with Crippen LogP contribution in [0, 0.1) is 10.1 Å². The minimum absolute atomic E-state index is 0.0815. The van der Waals surface area contributed by atoms with Crippen LogP contribution < -0.4 is 10.6 Å². The number of hydrogen-bond acceptors (Lipinski definition) is 6. The Bertz CT molecular complexity index is 601. The number of amides is 2. The van der Waals surface area contributed by atoms with E-state index in [1.165, 1.54) is 30.0 Å². The molecule has 0 heterocycles. The largest absolute Gasteiger partial charge is 0.444 e. The molecule has 24 heavy (non-hydrogen) atoms. The summed E-state index contributed by atoms with van der Waals surface area (Å²) in [6.07, 6.45) is -0.496. The van der Waals surface area contributed by atoms with Crippen LogP contribution in [-0.4, -0.2) is 40.6 Å². The average Bonchev–Trinajstić information content (AvgIpc) is 2.45. The molecular weight excluding hydrogens is 334 g/mol. The molecule has 0 unspecified atom stereocenters. The number of nitro groups is 1. The summed E-state index contributed by atoms with van der Waals surface area (Å²) in [5, 5.41) is 15.9. The molecule has 0 aliphatic heterocycles. The zero-order valence-corrected chi connectivity index (χ0v) is 14.6. The molecule has 0 bridgehead atoms. The van der Waals surface area contributed by atoms with Crippen LogP contribution in [-0.2, 0) is 9.53 Å². The number of nitrogens with one attached hydrogen (secondary N) is 2. The first-order valence-corrected chi connectivity index (χ1v) is 8.42. The van der Waals surface area contributed by atoms with Crippen molar-refractivity contribution in [3.8, 4) is 0 Å². The maximum absolute atomic E-state index is 11.8. The maximum atomic E-state index is 11.8. The van der Waals surface area contributed by atoms with E-state index >= 15 is 0 Å². The summed E-state index contributed by atoms with van der Waals surface area (Å²) in [6, 6.07) is 5.74. The van der Waals surface area contributed by atoms with Gasteiger partial charge in [0.15, 0.2) is 0 Å². The van der Waals surface area contributed by atoms with Crippen molar-refractivity contribution in [3.63, 3.8) is 0 Å².